The van der Waals surface area contributed by atoms with Crippen LogP contribution in [-0.4, -0.2) is 15.0 Å². The lowest BCUT2D eigenvalue weighted by molar-refractivity contribution is 0.355. The molecule has 3 nitrogen and oxygen atoms in total. The van der Waals surface area contributed by atoms with Gasteiger partial charge in [0.25, 0.3) is 0 Å². The van der Waals surface area contributed by atoms with Crippen LogP contribution >= 0.6 is 0 Å². The zero-order valence-electron chi connectivity index (χ0n) is 17.9. The fraction of sp³-hybridized carbons (Fsp3) is 0.909. The third kappa shape index (κ3) is 13.1. The molecule has 0 fully saturated rings. The Balaban J connectivity index is 2.04. The Morgan fingerprint density at radius 3 is 1.80 bits per heavy atom. The van der Waals surface area contributed by atoms with E-state index < -0.39 is 0 Å². The zero-order valence-corrected chi connectivity index (χ0v) is 17.9. The van der Waals surface area contributed by atoms with Crippen LogP contribution in [0.4, 0.5) is 0 Å². The molecule has 0 saturated carbocycles. The molecule has 25 heavy (non-hydrogen) atoms. The van der Waals surface area contributed by atoms with Crippen LogP contribution in [-0.2, 0) is 13.0 Å². The Kier molecular flexibility index (Phi) is 9.74. The highest BCUT2D eigenvalue weighted by Gasteiger charge is 2.09. The van der Waals surface area contributed by atoms with E-state index in [1.165, 1.54) is 69.9 Å². The van der Waals surface area contributed by atoms with E-state index in [2.05, 4.69) is 58.1 Å². The van der Waals surface area contributed by atoms with Crippen molar-refractivity contribution in [2.45, 2.75) is 119 Å². The summed E-state index contributed by atoms with van der Waals surface area (Å²) in [5.41, 5.74) is 2.13. The first-order valence-electron chi connectivity index (χ1n) is 10.5. The summed E-state index contributed by atoms with van der Waals surface area (Å²) in [7, 11) is 0. The minimum Gasteiger partial charge on any atom is -0.252 e. The average Bonchev–Trinajstić information content (AvgIpc) is 2.92. The first-order valence-corrected chi connectivity index (χ1v) is 10.5. The normalized spacial score (nSPS) is 12.7. The molecule has 0 aliphatic rings. The second-order valence-electron chi connectivity index (χ2n) is 10.2. The molecule has 0 aliphatic heterocycles. The van der Waals surface area contributed by atoms with Crippen molar-refractivity contribution in [3.63, 3.8) is 0 Å². The minimum atomic E-state index is 0.480. The quantitative estimate of drug-likeness (QED) is 0.388. The van der Waals surface area contributed by atoms with Crippen molar-refractivity contribution in [2.24, 2.45) is 10.8 Å². The van der Waals surface area contributed by atoms with Crippen molar-refractivity contribution in [3.05, 3.63) is 11.9 Å². The summed E-state index contributed by atoms with van der Waals surface area (Å²) in [5, 5.41) is 8.62. The van der Waals surface area contributed by atoms with Gasteiger partial charge in [-0.25, -0.2) is 0 Å². The van der Waals surface area contributed by atoms with E-state index in [9.17, 15) is 0 Å². The monoisotopic (exact) mass is 349 g/mol. The van der Waals surface area contributed by atoms with Gasteiger partial charge in [-0.1, -0.05) is 85.3 Å². The number of unbranched alkanes of at least 4 members (excludes halogenated alkanes) is 6. The molecule has 0 spiro atoms. The van der Waals surface area contributed by atoms with Crippen molar-refractivity contribution >= 4 is 0 Å². The SMILES string of the molecule is CC(C)(C)CCCCCCc1cn(CCCCCCC(C)(C)C)nn1. The van der Waals surface area contributed by atoms with Crippen molar-refractivity contribution in [2.75, 3.05) is 0 Å². The summed E-state index contributed by atoms with van der Waals surface area (Å²) in [4.78, 5) is 0. The molecular weight excluding hydrogens is 306 g/mol. The molecule has 1 heterocycles. The molecule has 0 amide bonds. The maximum Gasteiger partial charge on any atom is 0.0827 e. The van der Waals surface area contributed by atoms with Gasteiger partial charge in [0.15, 0.2) is 0 Å². The van der Waals surface area contributed by atoms with E-state index >= 15 is 0 Å². The largest absolute Gasteiger partial charge is 0.252 e. The number of rotatable bonds is 12. The smallest absolute Gasteiger partial charge is 0.0827 e. The topological polar surface area (TPSA) is 30.7 Å². The van der Waals surface area contributed by atoms with Crippen LogP contribution in [0.5, 0.6) is 0 Å². The molecule has 0 atom stereocenters. The van der Waals surface area contributed by atoms with Gasteiger partial charge in [0.05, 0.1) is 5.69 Å². The fourth-order valence-corrected chi connectivity index (χ4v) is 3.16. The maximum absolute atomic E-state index is 4.33. The lowest BCUT2D eigenvalue weighted by Crippen LogP contribution is -2.04. The van der Waals surface area contributed by atoms with Gasteiger partial charge in [0, 0.05) is 12.7 Å². The Morgan fingerprint density at radius 2 is 1.24 bits per heavy atom. The molecule has 0 aliphatic carbocycles. The summed E-state index contributed by atoms with van der Waals surface area (Å²) >= 11 is 0. The minimum absolute atomic E-state index is 0.480. The summed E-state index contributed by atoms with van der Waals surface area (Å²) < 4.78 is 2.04. The van der Waals surface area contributed by atoms with E-state index in [0.717, 1.165) is 13.0 Å². The van der Waals surface area contributed by atoms with Gasteiger partial charge in [-0.15, -0.1) is 5.10 Å². The highest BCUT2D eigenvalue weighted by molar-refractivity contribution is 4.92. The molecule has 1 aromatic rings. The van der Waals surface area contributed by atoms with Crippen molar-refractivity contribution in [1.82, 2.24) is 15.0 Å². The van der Waals surface area contributed by atoms with Crippen molar-refractivity contribution in [1.29, 1.82) is 0 Å². The summed E-state index contributed by atoms with van der Waals surface area (Å²) in [6, 6.07) is 0. The Labute approximate surface area is 157 Å². The highest BCUT2D eigenvalue weighted by atomic mass is 15.4. The van der Waals surface area contributed by atoms with Crippen LogP contribution in [0.15, 0.2) is 6.20 Å². The highest BCUT2D eigenvalue weighted by Crippen LogP contribution is 2.23. The number of aromatic nitrogens is 3. The Morgan fingerprint density at radius 1 is 0.720 bits per heavy atom. The maximum atomic E-state index is 4.33. The van der Waals surface area contributed by atoms with Crippen LogP contribution in [0.2, 0.25) is 0 Å². The summed E-state index contributed by atoms with van der Waals surface area (Å²) in [6.07, 6.45) is 16.4. The van der Waals surface area contributed by atoms with E-state index in [4.69, 9.17) is 0 Å². The molecule has 0 unspecified atom stereocenters. The second-order valence-corrected chi connectivity index (χ2v) is 10.2. The van der Waals surface area contributed by atoms with Gasteiger partial charge in [-0.3, -0.25) is 4.68 Å². The fourth-order valence-electron chi connectivity index (χ4n) is 3.16. The number of aryl methyl sites for hydroxylation is 2. The van der Waals surface area contributed by atoms with Crippen LogP contribution < -0.4 is 0 Å². The van der Waals surface area contributed by atoms with Crippen LogP contribution in [0.1, 0.15) is 111 Å². The van der Waals surface area contributed by atoms with E-state index in [1.54, 1.807) is 0 Å². The van der Waals surface area contributed by atoms with Gasteiger partial charge in [0.1, 0.15) is 0 Å². The lowest BCUT2D eigenvalue weighted by atomic mass is 9.89. The molecule has 0 N–H and O–H groups in total. The molecular formula is C22H43N3. The number of nitrogens with zero attached hydrogens (tertiary/aromatic N) is 3. The molecule has 1 aromatic heterocycles. The van der Waals surface area contributed by atoms with Crippen LogP contribution in [0, 0.1) is 10.8 Å². The predicted molar refractivity (Wildman–Crippen MR) is 109 cm³/mol. The average molecular weight is 350 g/mol. The number of hydrogen-bond acceptors (Lipinski definition) is 2. The van der Waals surface area contributed by atoms with Gasteiger partial charge in [-0.05, 0) is 42.9 Å². The summed E-state index contributed by atoms with van der Waals surface area (Å²) in [5.74, 6) is 0. The third-order valence-corrected chi connectivity index (χ3v) is 4.76. The van der Waals surface area contributed by atoms with E-state index in [0.29, 0.717) is 10.8 Å². The third-order valence-electron chi connectivity index (χ3n) is 4.76. The molecule has 146 valence electrons. The van der Waals surface area contributed by atoms with Gasteiger partial charge < -0.3 is 0 Å². The Bertz CT molecular complexity index is 408. The summed E-state index contributed by atoms with van der Waals surface area (Å²) in [6.45, 7) is 15.0. The number of hydrogen-bond donors (Lipinski definition) is 0. The molecule has 0 radical (unpaired) electrons. The molecule has 0 bridgehead atoms. The lowest BCUT2D eigenvalue weighted by Gasteiger charge is -2.17. The van der Waals surface area contributed by atoms with E-state index in [1.807, 2.05) is 4.68 Å². The zero-order chi connectivity index (χ0) is 18.8. The van der Waals surface area contributed by atoms with Crippen molar-refractivity contribution < 1.29 is 0 Å². The van der Waals surface area contributed by atoms with Crippen LogP contribution in [0.3, 0.4) is 0 Å². The molecule has 0 aromatic carbocycles. The predicted octanol–water partition coefficient (Wildman–Crippen LogP) is 6.81. The van der Waals surface area contributed by atoms with Crippen molar-refractivity contribution in [3.8, 4) is 0 Å². The molecule has 3 heteroatoms. The first kappa shape index (κ1) is 22.2. The molecule has 1 rings (SSSR count). The first-order chi connectivity index (χ1) is 11.7. The van der Waals surface area contributed by atoms with Gasteiger partial charge in [0.2, 0.25) is 0 Å². The van der Waals surface area contributed by atoms with Crippen LogP contribution in [0.25, 0.3) is 0 Å². The second kappa shape index (κ2) is 11.0. The van der Waals surface area contributed by atoms with E-state index in [-0.39, 0.29) is 0 Å². The molecule has 0 saturated heterocycles. The van der Waals surface area contributed by atoms with Gasteiger partial charge in [-0.2, -0.15) is 0 Å². The standard InChI is InChI=1S/C22H43N3/c1-21(2,3)16-12-8-7-11-15-20-19-25(24-23-20)18-14-10-9-13-17-22(4,5)6/h19H,7-18H2,1-6H3. The van der Waals surface area contributed by atoms with Gasteiger partial charge >= 0.3 is 0 Å². The Hall–Kier alpha value is -0.860.